The van der Waals surface area contributed by atoms with E-state index in [1.54, 1.807) is 13.8 Å². The number of benzene rings is 1. The fourth-order valence-electron chi connectivity index (χ4n) is 1.88. The lowest BCUT2D eigenvalue weighted by Crippen LogP contribution is -2.14. The van der Waals surface area contributed by atoms with Crippen molar-refractivity contribution in [3.8, 4) is 11.8 Å². The Morgan fingerprint density at radius 3 is 2.86 bits per heavy atom. The molecule has 0 aliphatic carbocycles. The summed E-state index contributed by atoms with van der Waals surface area (Å²) < 4.78 is 13.3. The van der Waals surface area contributed by atoms with Crippen LogP contribution in [-0.2, 0) is 0 Å². The fourth-order valence-corrected chi connectivity index (χ4v) is 1.88. The Morgan fingerprint density at radius 2 is 2.24 bits per heavy atom. The van der Waals surface area contributed by atoms with Crippen molar-refractivity contribution in [1.82, 2.24) is 10.2 Å². The number of aromatic amines is 1. The number of rotatable bonds is 2. The number of anilines is 1. The summed E-state index contributed by atoms with van der Waals surface area (Å²) in [4.78, 5) is 12.3. The number of aromatic nitrogens is 2. The van der Waals surface area contributed by atoms with Gasteiger partial charge in [-0.25, -0.2) is 4.39 Å². The summed E-state index contributed by atoms with van der Waals surface area (Å²) in [7, 11) is 0. The topological polar surface area (TPSA) is 83.8 Å². The highest BCUT2D eigenvalue weighted by molar-refractivity contribution is 6.06. The van der Waals surface area contributed by atoms with Gasteiger partial charge in [0.05, 0.1) is 29.2 Å². The number of carbonyl (C=O) groups excluding carboxylic acids is 1. The minimum Gasteiger partial charge on any atom is -0.320 e. The van der Waals surface area contributed by atoms with Crippen LogP contribution in [0.5, 0.6) is 0 Å². The smallest absolute Gasteiger partial charge is 0.257 e. The van der Waals surface area contributed by atoms with Crippen LogP contribution in [0.15, 0.2) is 18.2 Å². The normalized spacial score (nSPS) is 9.90. The van der Waals surface area contributed by atoms with Crippen LogP contribution in [0.2, 0.25) is 0 Å². The number of nitrogens with zero attached hydrogens (tertiary/aromatic N) is 1. The van der Waals surface area contributed by atoms with Crippen molar-refractivity contribution in [3.05, 3.63) is 46.5 Å². The summed E-state index contributed by atoms with van der Waals surface area (Å²) >= 11 is 0. The monoisotopic (exact) mass is 286 g/mol. The Labute approximate surface area is 121 Å². The molecule has 0 bridgehead atoms. The zero-order valence-corrected chi connectivity index (χ0v) is 11.7. The van der Waals surface area contributed by atoms with Crippen molar-refractivity contribution in [2.24, 2.45) is 5.73 Å². The van der Waals surface area contributed by atoms with Crippen LogP contribution < -0.4 is 11.1 Å². The number of aryl methyl sites for hydroxylation is 2. The Balaban J connectivity index is 2.35. The van der Waals surface area contributed by atoms with Gasteiger partial charge in [-0.15, -0.1) is 0 Å². The number of halogens is 1. The van der Waals surface area contributed by atoms with E-state index in [4.69, 9.17) is 5.73 Å². The molecule has 2 aromatic rings. The second-order valence-corrected chi connectivity index (χ2v) is 4.46. The molecular formula is C15H15FN4O. The van der Waals surface area contributed by atoms with E-state index in [2.05, 4.69) is 27.4 Å². The van der Waals surface area contributed by atoms with Gasteiger partial charge in [0.1, 0.15) is 5.82 Å². The highest BCUT2D eigenvalue weighted by Crippen LogP contribution is 2.18. The Hall–Kier alpha value is -2.65. The minimum atomic E-state index is -0.455. The van der Waals surface area contributed by atoms with Gasteiger partial charge >= 0.3 is 0 Å². The van der Waals surface area contributed by atoms with Gasteiger partial charge in [0.25, 0.3) is 5.91 Å². The minimum absolute atomic E-state index is 0.136. The lowest BCUT2D eigenvalue weighted by molar-refractivity contribution is 0.102. The predicted octanol–water partition coefficient (Wildman–Crippen LogP) is 1.73. The summed E-state index contributed by atoms with van der Waals surface area (Å²) in [5, 5.41) is 9.54. The van der Waals surface area contributed by atoms with Crippen LogP contribution in [0.1, 0.15) is 27.3 Å². The molecule has 6 heteroatoms. The van der Waals surface area contributed by atoms with Crippen LogP contribution in [0.3, 0.4) is 0 Å². The SMILES string of the molecule is Cc1n[nH]c(C)c1NC(=O)c1ccc(F)cc1C#CCN. The van der Waals surface area contributed by atoms with E-state index in [0.717, 1.165) is 5.69 Å². The molecule has 1 aromatic carbocycles. The van der Waals surface area contributed by atoms with Gasteiger partial charge < -0.3 is 11.1 Å². The quantitative estimate of drug-likeness (QED) is 0.735. The number of hydrogen-bond donors (Lipinski definition) is 3. The van der Waals surface area contributed by atoms with Crippen LogP contribution in [-0.4, -0.2) is 22.6 Å². The van der Waals surface area contributed by atoms with Crippen molar-refractivity contribution in [2.75, 3.05) is 11.9 Å². The van der Waals surface area contributed by atoms with Crippen molar-refractivity contribution >= 4 is 11.6 Å². The molecular weight excluding hydrogens is 271 g/mol. The van der Waals surface area contributed by atoms with Gasteiger partial charge in [-0.3, -0.25) is 9.89 Å². The first kappa shape index (κ1) is 14.8. The van der Waals surface area contributed by atoms with Crippen molar-refractivity contribution in [3.63, 3.8) is 0 Å². The van der Waals surface area contributed by atoms with Gasteiger partial charge in [0, 0.05) is 5.56 Å². The molecule has 0 atom stereocenters. The van der Waals surface area contributed by atoms with E-state index >= 15 is 0 Å². The number of carbonyl (C=O) groups is 1. The molecule has 0 aliphatic heterocycles. The number of hydrogen-bond acceptors (Lipinski definition) is 3. The summed E-state index contributed by atoms with van der Waals surface area (Å²) in [5.41, 5.74) is 7.94. The third-order valence-electron chi connectivity index (χ3n) is 2.92. The van der Waals surface area contributed by atoms with Gasteiger partial charge in [0.15, 0.2) is 0 Å². The van der Waals surface area contributed by atoms with Crippen LogP contribution in [0, 0.1) is 31.5 Å². The zero-order valence-electron chi connectivity index (χ0n) is 11.7. The molecule has 0 spiro atoms. The number of amides is 1. The van der Waals surface area contributed by atoms with E-state index in [0.29, 0.717) is 16.9 Å². The summed E-state index contributed by atoms with van der Waals surface area (Å²) in [6.07, 6.45) is 0. The van der Waals surface area contributed by atoms with Gasteiger partial charge in [-0.2, -0.15) is 5.10 Å². The number of nitrogens with two attached hydrogens (primary N) is 1. The summed E-state index contributed by atoms with van der Waals surface area (Å²) in [6, 6.07) is 3.83. The lowest BCUT2D eigenvalue weighted by Gasteiger charge is -2.07. The molecule has 0 unspecified atom stereocenters. The molecule has 0 fully saturated rings. The van der Waals surface area contributed by atoms with Crippen LogP contribution in [0.25, 0.3) is 0 Å². The third kappa shape index (κ3) is 3.27. The Kier molecular flexibility index (Phi) is 4.36. The second kappa shape index (κ2) is 6.20. The number of H-pyrrole nitrogens is 1. The molecule has 0 aliphatic rings. The molecule has 2 rings (SSSR count). The molecule has 0 saturated carbocycles. The largest absolute Gasteiger partial charge is 0.320 e. The average molecular weight is 286 g/mol. The number of nitrogens with one attached hydrogen (secondary N) is 2. The highest BCUT2D eigenvalue weighted by Gasteiger charge is 2.15. The fraction of sp³-hybridized carbons (Fsp3) is 0.200. The lowest BCUT2D eigenvalue weighted by atomic mass is 10.1. The van der Waals surface area contributed by atoms with Crippen molar-refractivity contribution in [1.29, 1.82) is 0 Å². The molecule has 1 heterocycles. The molecule has 5 nitrogen and oxygen atoms in total. The van der Waals surface area contributed by atoms with E-state index < -0.39 is 5.82 Å². The van der Waals surface area contributed by atoms with Crippen LogP contribution >= 0.6 is 0 Å². The molecule has 108 valence electrons. The van der Waals surface area contributed by atoms with Crippen molar-refractivity contribution in [2.45, 2.75) is 13.8 Å². The van der Waals surface area contributed by atoms with Gasteiger partial charge in [0.2, 0.25) is 0 Å². The molecule has 0 saturated heterocycles. The molecule has 1 amide bonds. The third-order valence-corrected chi connectivity index (χ3v) is 2.92. The van der Waals surface area contributed by atoms with Crippen molar-refractivity contribution < 1.29 is 9.18 Å². The summed E-state index contributed by atoms with van der Waals surface area (Å²) in [6.45, 7) is 3.71. The van der Waals surface area contributed by atoms with E-state index in [1.165, 1.54) is 18.2 Å². The first-order valence-corrected chi connectivity index (χ1v) is 6.34. The molecule has 0 radical (unpaired) electrons. The standard InChI is InChI=1S/C15H15FN4O/c1-9-14(10(2)20-19-9)18-15(21)13-6-5-12(16)8-11(13)4-3-7-17/h5-6,8H,7,17H2,1-2H3,(H,18,21)(H,19,20). The summed E-state index contributed by atoms with van der Waals surface area (Å²) in [5.74, 6) is 4.50. The molecule has 1 aromatic heterocycles. The maximum Gasteiger partial charge on any atom is 0.257 e. The van der Waals surface area contributed by atoms with E-state index in [-0.39, 0.29) is 18.0 Å². The second-order valence-electron chi connectivity index (χ2n) is 4.46. The van der Waals surface area contributed by atoms with Gasteiger partial charge in [-0.1, -0.05) is 11.8 Å². The average Bonchev–Trinajstić information content (AvgIpc) is 2.77. The maximum atomic E-state index is 13.3. The molecule has 21 heavy (non-hydrogen) atoms. The predicted molar refractivity (Wildman–Crippen MR) is 78.3 cm³/mol. The molecule has 4 N–H and O–H groups in total. The first-order valence-electron chi connectivity index (χ1n) is 6.34. The first-order chi connectivity index (χ1) is 10.0. The van der Waals surface area contributed by atoms with E-state index in [1.807, 2.05) is 0 Å². The van der Waals surface area contributed by atoms with E-state index in [9.17, 15) is 9.18 Å². The van der Waals surface area contributed by atoms with Crippen LogP contribution in [0.4, 0.5) is 10.1 Å². The maximum absolute atomic E-state index is 13.3. The Morgan fingerprint density at radius 1 is 1.48 bits per heavy atom. The zero-order chi connectivity index (χ0) is 15.4. The Bertz CT molecular complexity index is 720. The highest BCUT2D eigenvalue weighted by atomic mass is 19.1. The van der Waals surface area contributed by atoms with Gasteiger partial charge in [-0.05, 0) is 32.0 Å².